The smallest absolute Gasteiger partial charge is 0.337 e. The SMILES string of the molecule is CC(C)(C)[C@H](NC(=O)C=Cc1ccc(C(O)C(=O)O)cc1)C(=O)N1CCC[C@H]1C(=O)N(Cc1ccc(CNC(=O)c2ccc(S(C)(=O)=O)s2)cc1)c1ccc(C(N)=O)cc1. The second-order valence-electron chi connectivity index (χ2n) is 15.5. The summed E-state index contributed by atoms with van der Waals surface area (Å²) >= 11 is 0.887. The second-order valence-corrected chi connectivity index (χ2v) is 18.8. The van der Waals surface area contributed by atoms with Crippen molar-refractivity contribution in [3.05, 3.63) is 124 Å². The van der Waals surface area contributed by atoms with Gasteiger partial charge in [0.1, 0.15) is 16.3 Å². The fourth-order valence-electron chi connectivity index (χ4n) is 6.53. The quantitative estimate of drug-likeness (QED) is 0.108. The second kappa shape index (κ2) is 18.8. The standard InChI is InChI=1S/C43H47N5O10S2/c1-43(2,3)37(46-34(49)21-13-26-11-14-29(15-12-26)36(50)42(55)56)41(54)47-23-5-6-32(47)40(53)48(31-18-16-30(17-19-31)38(44)51)25-28-9-7-27(8-10-28)24-45-39(52)33-20-22-35(59-33)60(4,57)58/h7-22,32,36-37,50H,5-6,23-25H2,1-4H3,(H2,44,51)(H,45,52)(H,46,49)(H,55,56)/t32-,36?,37+/m0/s1. The van der Waals surface area contributed by atoms with E-state index in [0.717, 1.165) is 28.7 Å². The zero-order valence-electron chi connectivity index (χ0n) is 33.5. The van der Waals surface area contributed by atoms with Crippen molar-refractivity contribution >= 4 is 68.4 Å². The Morgan fingerprint density at radius 1 is 0.933 bits per heavy atom. The number of aliphatic carboxylic acids is 1. The van der Waals surface area contributed by atoms with Crippen LogP contribution in [0.3, 0.4) is 0 Å². The summed E-state index contributed by atoms with van der Waals surface area (Å²) in [5.74, 6) is -3.81. The average Bonchev–Trinajstić information content (AvgIpc) is 3.92. The van der Waals surface area contributed by atoms with Crippen molar-refractivity contribution in [1.29, 1.82) is 0 Å². The van der Waals surface area contributed by atoms with E-state index in [1.807, 2.05) is 0 Å². The van der Waals surface area contributed by atoms with E-state index in [1.54, 1.807) is 69.3 Å². The molecular weight excluding hydrogens is 811 g/mol. The first-order valence-corrected chi connectivity index (χ1v) is 21.6. The Morgan fingerprint density at radius 3 is 2.13 bits per heavy atom. The maximum absolute atomic E-state index is 14.6. The van der Waals surface area contributed by atoms with Gasteiger partial charge in [0.2, 0.25) is 23.6 Å². The van der Waals surface area contributed by atoms with Crippen molar-refractivity contribution in [2.75, 3.05) is 17.7 Å². The van der Waals surface area contributed by atoms with Crippen LogP contribution in [0.15, 0.2) is 95.2 Å². The number of carbonyl (C=O) groups excluding carboxylic acids is 5. The molecule has 316 valence electrons. The van der Waals surface area contributed by atoms with Crippen molar-refractivity contribution in [2.24, 2.45) is 11.1 Å². The molecule has 60 heavy (non-hydrogen) atoms. The minimum absolute atomic E-state index is 0.0872. The molecule has 5 rings (SSSR count). The predicted molar refractivity (Wildman–Crippen MR) is 225 cm³/mol. The number of rotatable bonds is 15. The van der Waals surface area contributed by atoms with E-state index in [4.69, 9.17) is 10.8 Å². The first-order valence-electron chi connectivity index (χ1n) is 18.9. The Hall–Kier alpha value is -6.17. The molecule has 0 radical (unpaired) electrons. The van der Waals surface area contributed by atoms with Crippen LogP contribution in [0.4, 0.5) is 5.69 Å². The number of nitrogens with two attached hydrogens (primary N) is 1. The maximum Gasteiger partial charge on any atom is 0.337 e. The number of sulfone groups is 1. The number of nitrogens with one attached hydrogen (secondary N) is 2. The lowest BCUT2D eigenvalue weighted by Crippen LogP contribution is -2.57. The summed E-state index contributed by atoms with van der Waals surface area (Å²) in [6, 6.07) is 20.4. The molecule has 3 atom stereocenters. The number of benzene rings is 3. The molecule has 17 heteroatoms. The number of carboxylic acid groups (broad SMARTS) is 1. The molecule has 1 aliphatic heterocycles. The number of thiophene rings is 1. The number of aliphatic hydroxyl groups is 1. The van der Waals surface area contributed by atoms with Gasteiger partial charge in [-0.25, -0.2) is 13.2 Å². The van der Waals surface area contributed by atoms with Gasteiger partial charge in [-0.2, -0.15) is 0 Å². The molecule has 15 nitrogen and oxygen atoms in total. The van der Waals surface area contributed by atoms with E-state index in [1.165, 1.54) is 58.4 Å². The Balaban J connectivity index is 1.31. The van der Waals surface area contributed by atoms with Gasteiger partial charge >= 0.3 is 5.97 Å². The van der Waals surface area contributed by atoms with Crippen LogP contribution in [0.5, 0.6) is 0 Å². The Morgan fingerprint density at radius 2 is 1.57 bits per heavy atom. The van der Waals surface area contributed by atoms with E-state index < -0.39 is 63.0 Å². The molecule has 1 fully saturated rings. The van der Waals surface area contributed by atoms with Crippen LogP contribution in [-0.2, 0) is 42.1 Å². The van der Waals surface area contributed by atoms with Gasteiger partial charge < -0.3 is 36.4 Å². The lowest BCUT2D eigenvalue weighted by molar-refractivity contribution is -0.147. The number of anilines is 1. The van der Waals surface area contributed by atoms with Gasteiger partial charge in [0.05, 0.1) is 11.4 Å². The Labute approximate surface area is 351 Å². The number of carbonyl (C=O) groups is 6. The minimum Gasteiger partial charge on any atom is -0.479 e. The summed E-state index contributed by atoms with van der Waals surface area (Å²) < 4.78 is 23.7. The highest BCUT2D eigenvalue weighted by Gasteiger charge is 2.43. The summed E-state index contributed by atoms with van der Waals surface area (Å²) in [7, 11) is -3.43. The third-order valence-corrected chi connectivity index (χ3v) is 12.8. The number of primary amides is 1. The minimum atomic E-state index is -3.43. The summed E-state index contributed by atoms with van der Waals surface area (Å²) in [5, 5.41) is 24.4. The molecule has 3 aromatic carbocycles. The predicted octanol–water partition coefficient (Wildman–Crippen LogP) is 4.07. The lowest BCUT2D eigenvalue weighted by atomic mass is 9.85. The summed E-state index contributed by atoms with van der Waals surface area (Å²) in [5.41, 5.74) is 7.64. The molecule has 1 aliphatic rings. The van der Waals surface area contributed by atoms with Crippen LogP contribution in [-0.4, -0.2) is 83.9 Å². The van der Waals surface area contributed by atoms with Crippen LogP contribution in [0.2, 0.25) is 0 Å². The molecule has 0 bridgehead atoms. The highest BCUT2D eigenvalue weighted by atomic mass is 32.2. The van der Waals surface area contributed by atoms with Gasteiger partial charge in [0.15, 0.2) is 15.9 Å². The van der Waals surface area contributed by atoms with Crippen molar-refractivity contribution in [1.82, 2.24) is 15.5 Å². The van der Waals surface area contributed by atoms with Crippen LogP contribution in [0, 0.1) is 5.41 Å². The highest BCUT2D eigenvalue weighted by molar-refractivity contribution is 7.92. The van der Waals surface area contributed by atoms with Crippen molar-refractivity contribution in [3.8, 4) is 0 Å². The van der Waals surface area contributed by atoms with E-state index in [9.17, 15) is 42.3 Å². The van der Waals surface area contributed by atoms with Crippen LogP contribution >= 0.6 is 11.3 Å². The topological polar surface area (TPSA) is 234 Å². The Bertz CT molecular complexity index is 2390. The van der Waals surface area contributed by atoms with Crippen molar-refractivity contribution in [2.45, 2.75) is 69.1 Å². The molecule has 1 saturated heterocycles. The van der Waals surface area contributed by atoms with Crippen LogP contribution < -0.4 is 21.3 Å². The van der Waals surface area contributed by atoms with Gasteiger partial charge in [-0.05, 0) is 83.0 Å². The molecule has 5 amide bonds. The molecule has 0 spiro atoms. The van der Waals surface area contributed by atoms with E-state index in [2.05, 4.69) is 10.6 Å². The normalized spacial score (nSPS) is 15.3. The fraction of sp³-hybridized carbons (Fsp3) is 0.302. The average molecular weight is 858 g/mol. The molecule has 0 aliphatic carbocycles. The van der Waals surface area contributed by atoms with E-state index in [-0.39, 0.29) is 45.8 Å². The van der Waals surface area contributed by atoms with Crippen LogP contribution in [0.1, 0.15) is 82.0 Å². The molecule has 4 aromatic rings. The molecule has 0 saturated carbocycles. The van der Waals surface area contributed by atoms with E-state index in [0.29, 0.717) is 24.1 Å². The van der Waals surface area contributed by atoms with Gasteiger partial charge in [0.25, 0.3) is 5.91 Å². The molecule has 1 aromatic heterocycles. The highest BCUT2D eigenvalue weighted by Crippen LogP contribution is 2.29. The van der Waals surface area contributed by atoms with Gasteiger partial charge in [-0.15, -0.1) is 11.3 Å². The largest absolute Gasteiger partial charge is 0.479 e. The van der Waals surface area contributed by atoms with Gasteiger partial charge in [-0.1, -0.05) is 69.3 Å². The summed E-state index contributed by atoms with van der Waals surface area (Å²) in [6.07, 6.45) is 3.04. The number of nitrogens with zero attached hydrogens (tertiary/aromatic N) is 2. The fourth-order valence-corrected chi connectivity index (χ4v) is 8.38. The molecule has 6 N–H and O–H groups in total. The number of likely N-dealkylation sites (tertiary alicyclic amines) is 1. The monoisotopic (exact) mass is 857 g/mol. The van der Waals surface area contributed by atoms with E-state index >= 15 is 0 Å². The van der Waals surface area contributed by atoms with Crippen molar-refractivity contribution in [3.63, 3.8) is 0 Å². The summed E-state index contributed by atoms with van der Waals surface area (Å²) in [4.78, 5) is 81.1. The van der Waals surface area contributed by atoms with Gasteiger partial charge in [-0.3, -0.25) is 24.0 Å². The number of hydrogen-bond acceptors (Lipinski definition) is 10. The van der Waals surface area contributed by atoms with Crippen molar-refractivity contribution < 1.29 is 47.4 Å². The lowest BCUT2D eigenvalue weighted by Gasteiger charge is -2.36. The first kappa shape index (κ1) is 44.9. The number of carboxylic acids is 1. The zero-order chi connectivity index (χ0) is 43.9. The summed E-state index contributed by atoms with van der Waals surface area (Å²) in [6.45, 7) is 5.93. The number of hydrogen-bond donors (Lipinski definition) is 5. The first-order chi connectivity index (χ1) is 28.2. The third kappa shape index (κ3) is 11.3. The molecule has 2 heterocycles. The third-order valence-electron chi connectivity index (χ3n) is 9.85. The van der Waals surface area contributed by atoms with Crippen LogP contribution in [0.25, 0.3) is 6.08 Å². The Kier molecular flexibility index (Phi) is 14.1. The number of amides is 5. The molecule has 1 unspecified atom stereocenters. The van der Waals surface area contributed by atoms with Gasteiger partial charge in [0, 0.05) is 36.7 Å². The number of aliphatic hydroxyl groups excluding tert-OH is 1. The zero-order valence-corrected chi connectivity index (χ0v) is 35.1. The molecular formula is C43H47N5O10S2. The maximum atomic E-state index is 14.6.